The second kappa shape index (κ2) is 8.14. The lowest BCUT2D eigenvalue weighted by atomic mass is 9.98. The first kappa shape index (κ1) is 21.3. The maximum atomic E-state index is 12.4. The molecule has 8 heteroatoms. The van der Waals surface area contributed by atoms with Crippen molar-refractivity contribution in [3.05, 3.63) is 59.4 Å². The van der Waals surface area contributed by atoms with Gasteiger partial charge in [-0.05, 0) is 62.2 Å². The molecule has 0 atom stereocenters. The van der Waals surface area contributed by atoms with Gasteiger partial charge in [0.25, 0.3) is 0 Å². The van der Waals surface area contributed by atoms with E-state index in [9.17, 15) is 18.0 Å². The van der Waals surface area contributed by atoms with Crippen molar-refractivity contribution in [1.29, 1.82) is 0 Å². The molecule has 0 aliphatic carbocycles. The molecule has 30 heavy (non-hydrogen) atoms. The number of anilines is 1. The summed E-state index contributed by atoms with van der Waals surface area (Å²) in [5, 5.41) is 3.54. The van der Waals surface area contributed by atoms with Crippen molar-refractivity contribution in [3.63, 3.8) is 0 Å². The van der Waals surface area contributed by atoms with Gasteiger partial charge in [0.2, 0.25) is 5.91 Å². The average molecular weight is 419 g/mol. The fraction of sp³-hybridized carbons (Fsp3) is 0.227. The summed E-state index contributed by atoms with van der Waals surface area (Å²) in [5.41, 5.74) is 4.26. The van der Waals surface area contributed by atoms with Crippen LogP contribution in [0.3, 0.4) is 0 Å². The summed E-state index contributed by atoms with van der Waals surface area (Å²) < 4.78 is 51.6. The summed E-state index contributed by atoms with van der Waals surface area (Å²) in [6, 6.07) is 6.81. The average Bonchev–Trinajstić information content (AvgIpc) is 3.03. The van der Waals surface area contributed by atoms with Gasteiger partial charge in [0.15, 0.2) is 0 Å². The third-order valence-corrected chi connectivity index (χ3v) is 4.57. The highest BCUT2D eigenvalue weighted by Gasteiger charge is 2.31. The Balaban J connectivity index is 1.83. The van der Waals surface area contributed by atoms with Gasteiger partial charge in [-0.15, -0.1) is 13.2 Å². The van der Waals surface area contributed by atoms with Crippen LogP contribution < -0.4 is 14.8 Å². The van der Waals surface area contributed by atoms with Gasteiger partial charge in [0.05, 0.1) is 13.4 Å². The highest BCUT2D eigenvalue weighted by Crippen LogP contribution is 2.37. The largest absolute Gasteiger partial charge is 0.573 e. The molecule has 0 spiro atoms. The molecule has 1 aromatic heterocycles. The molecule has 0 aliphatic heterocycles. The van der Waals surface area contributed by atoms with Gasteiger partial charge >= 0.3 is 6.36 Å². The summed E-state index contributed by atoms with van der Waals surface area (Å²) in [6.07, 6.45) is -1.70. The second-order valence-corrected chi connectivity index (χ2v) is 6.77. The van der Waals surface area contributed by atoms with Crippen molar-refractivity contribution in [3.8, 4) is 11.5 Å². The number of ether oxygens (including phenoxy) is 2. The first-order valence-corrected chi connectivity index (χ1v) is 9.00. The number of rotatable bonds is 5. The van der Waals surface area contributed by atoms with Crippen molar-refractivity contribution in [2.24, 2.45) is 0 Å². The van der Waals surface area contributed by atoms with Crippen LogP contribution in [0.1, 0.15) is 23.6 Å². The van der Waals surface area contributed by atoms with Crippen molar-refractivity contribution in [1.82, 2.24) is 0 Å². The lowest BCUT2D eigenvalue weighted by Gasteiger charge is -2.13. The van der Waals surface area contributed by atoms with Crippen LogP contribution in [0.15, 0.2) is 47.1 Å². The van der Waals surface area contributed by atoms with Crippen LogP contribution in [0.2, 0.25) is 0 Å². The number of halogens is 3. The van der Waals surface area contributed by atoms with Crippen molar-refractivity contribution in [2.45, 2.75) is 27.1 Å². The van der Waals surface area contributed by atoms with Crippen LogP contribution in [-0.2, 0) is 4.79 Å². The van der Waals surface area contributed by atoms with E-state index in [1.807, 2.05) is 19.9 Å². The fourth-order valence-electron chi connectivity index (χ4n) is 3.19. The van der Waals surface area contributed by atoms with E-state index in [-0.39, 0.29) is 5.75 Å². The first-order chi connectivity index (χ1) is 14.1. The quantitative estimate of drug-likeness (QED) is 0.516. The summed E-state index contributed by atoms with van der Waals surface area (Å²) in [4.78, 5) is 12.4. The lowest BCUT2D eigenvalue weighted by molar-refractivity contribution is -0.274. The number of fused-ring (bicyclic) bond motifs is 1. The van der Waals surface area contributed by atoms with Crippen LogP contribution in [0, 0.1) is 13.8 Å². The minimum atomic E-state index is -4.77. The second-order valence-electron chi connectivity index (χ2n) is 6.77. The Morgan fingerprint density at radius 2 is 1.83 bits per heavy atom. The summed E-state index contributed by atoms with van der Waals surface area (Å²) in [6.45, 7) is 5.59. The summed E-state index contributed by atoms with van der Waals surface area (Å²) in [5.74, 6) is -0.191. The number of hydrogen-bond donors (Lipinski definition) is 1. The molecule has 0 radical (unpaired) electrons. The van der Waals surface area contributed by atoms with E-state index in [1.54, 1.807) is 20.3 Å². The molecule has 158 valence electrons. The number of furan rings is 1. The molecule has 3 rings (SSSR count). The minimum Gasteiger partial charge on any atom is -0.496 e. The van der Waals surface area contributed by atoms with Crippen LogP contribution in [0.4, 0.5) is 18.9 Å². The fourth-order valence-corrected chi connectivity index (χ4v) is 3.19. The number of aryl methyl sites for hydroxylation is 2. The van der Waals surface area contributed by atoms with Gasteiger partial charge in [0, 0.05) is 28.3 Å². The van der Waals surface area contributed by atoms with Crippen LogP contribution >= 0.6 is 0 Å². The zero-order valence-corrected chi connectivity index (χ0v) is 16.8. The topological polar surface area (TPSA) is 60.7 Å². The number of amides is 1. The van der Waals surface area contributed by atoms with Crippen LogP contribution in [-0.4, -0.2) is 19.4 Å². The molecule has 0 aliphatic rings. The molecule has 2 aromatic carbocycles. The molecule has 0 saturated carbocycles. The van der Waals surface area contributed by atoms with Crippen LogP contribution in [0.5, 0.6) is 11.5 Å². The third-order valence-electron chi connectivity index (χ3n) is 4.57. The molecule has 1 heterocycles. The van der Waals surface area contributed by atoms with E-state index in [0.717, 1.165) is 39.8 Å². The third kappa shape index (κ3) is 4.59. The van der Waals surface area contributed by atoms with E-state index in [4.69, 9.17) is 9.15 Å². The number of benzene rings is 2. The number of carbonyl (C=O) groups is 1. The molecular formula is C22H20F3NO4. The van der Waals surface area contributed by atoms with Gasteiger partial charge in [-0.3, -0.25) is 4.79 Å². The SMILES string of the molecule is COc1c(/C(C)=C/C(=O)Nc2ccc(OC(F)(F)F)cc2)cc2c(C)coc2c1C. The summed E-state index contributed by atoms with van der Waals surface area (Å²) >= 11 is 0. The Bertz CT molecular complexity index is 1110. The maximum Gasteiger partial charge on any atom is 0.573 e. The van der Waals surface area contributed by atoms with E-state index in [2.05, 4.69) is 10.1 Å². The smallest absolute Gasteiger partial charge is 0.496 e. The predicted octanol–water partition coefficient (Wildman–Crippen LogP) is 6.00. The molecule has 0 saturated heterocycles. The number of hydrogen-bond acceptors (Lipinski definition) is 4. The Morgan fingerprint density at radius 3 is 2.43 bits per heavy atom. The Morgan fingerprint density at radius 1 is 1.17 bits per heavy atom. The number of alkyl halides is 3. The molecule has 1 N–H and O–H groups in total. The van der Waals surface area contributed by atoms with Gasteiger partial charge < -0.3 is 19.2 Å². The first-order valence-electron chi connectivity index (χ1n) is 9.00. The standard InChI is InChI=1S/C22H20F3NO4/c1-12(17-10-18-13(2)11-29-21(18)14(3)20(17)28-4)9-19(27)26-15-5-7-16(8-6-15)30-22(23,24)25/h5-11H,1-4H3,(H,26,27)/b12-9+. The highest BCUT2D eigenvalue weighted by molar-refractivity contribution is 6.05. The molecule has 0 unspecified atom stereocenters. The Labute approximate surface area is 171 Å². The summed E-state index contributed by atoms with van der Waals surface area (Å²) in [7, 11) is 1.55. The van der Waals surface area contributed by atoms with E-state index in [0.29, 0.717) is 17.0 Å². The molecule has 3 aromatic rings. The monoisotopic (exact) mass is 419 g/mol. The number of nitrogens with one attached hydrogen (secondary N) is 1. The van der Waals surface area contributed by atoms with Crippen LogP contribution in [0.25, 0.3) is 16.5 Å². The highest BCUT2D eigenvalue weighted by atomic mass is 19.4. The zero-order chi connectivity index (χ0) is 22.1. The Hall–Kier alpha value is -3.42. The van der Waals surface area contributed by atoms with E-state index in [1.165, 1.54) is 18.2 Å². The number of carbonyl (C=O) groups excluding carboxylic acids is 1. The van der Waals surface area contributed by atoms with Crippen molar-refractivity contribution < 1.29 is 31.9 Å². The lowest BCUT2D eigenvalue weighted by Crippen LogP contribution is -2.17. The van der Waals surface area contributed by atoms with Gasteiger partial charge in [-0.2, -0.15) is 0 Å². The van der Waals surface area contributed by atoms with Crippen molar-refractivity contribution in [2.75, 3.05) is 12.4 Å². The molecule has 0 fully saturated rings. The normalized spacial score (nSPS) is 12.2. The van der Waals surface area contributed by atoms with E-state index >= 15 is 0 Å². The van der Waals surface area contributed by atoms with Gasteiger partial charge in [-0.25, -0.2) is 0 Å². The molecule has 5 nitrogen and oxygen atoms in total. The molecule has 1 amide bonds. The molecular weight excluding hydrogens is 399 g/mol. The predicted molar refractivity (Wildman–Crippen MR) is 108 cm³/mol. The van der Waals surface area contributed by atoms with E-state index < -0.39 is 12.3 Å². The molecule has 0 bridgehead atoms. The number of methoxy groups -OCH3 is 1. The van der Waals surface area contributed by atoms with Gasteiger partial charge in [0.1, 0.15) is 17.1 Å². The maximum absolute atomic E-state index is 12.4. The van der Waals surface area contributed by atoms with Gasteiger partial charge in [-0.1, -0.05) is 0 Å². The minimum absolute atomic E-state index is 0.336. The Kier molecular flexibility index (Phi) is 5.78. The zero-order valence-electron chi connectivity index (χ0n) is 16.8. The van der Waals surface area contributed by atoms with Crippen molar-refractivity contribution >= 4 is 28.1 Å². The number of allylic oxidation sites excluding steroid dienone is 1.